The number of carbonyl (C=O) groups excluding carboxylic acids is 2. The summed E-state index contributed by atoms with van der Waals surface area (Å²) in [6.45, 7) is 4.44. The Morgan fingerprint density at radius 2 is 1.88 bits per heavy atom. The minimum Gasteiger partial charge on any atom is -0.376 e. The van der Waals surface area contributed by atoms with Gasteiger partial charge in [-0.1, -0.05) is 26.0 Å². The van der Waals surface area contributed by atoms with Gasteiger partial charge in [-0.2, -0.15) is 0 Å². The fraction of sp³-hybridized carbons (Fsp3) is 0.389. The first kappa shape index (κ1) is 18.9. The summed E-state index contributed by atoms with van der Waals surface area (Å²) in [5.41, 5.74) is 1.75. The number of likely N-dealkylation sites (N-methyl/N-ethyl adjacent to an activating group) is 1. The molecule has 1 aromatic carbocycles. The van der Waals surface area contributed by atoms with Crippen LogP contribution in [0.2, 0.25) is 0 Å². The Morgan fingerprint density at radius 3 is 2.44 bits per heavy atom. The van der Waals surface area contributed by atoms with Crippen molar-refractivity contribution in [1.82, 2.24) is 9.88 Å². The van der Waals surface area contributed by atoms with Crippen molar-refractivity contribution in [2.24, 2.45) is 0 Å². The number of aromatic nitrogens is 1. The van der Waals surface area contributed by atoms with Crippen molar-refractivity contribution in [3.05, 3.63) is 40.9 Å². The normalized spacial score (nSPS) is 10.6. The first-order valence-electron chi connectivity index (χ1n) is 8.13. The Hall–Kier alpha value is -2.41. The Kier molecular flexibility index (Phi) is 6.52. The molecule has 0 saturated carbocycles. The maximum atomic E-state index is 12.1. The first-order chi connectivity index (χ1) is 11.8. The fourth-order valence-electron chi connectivity index (χ4n) is 2.04. The van der Waals surface area contributed by atoms with Crippen LogP contribution in [0.1, 0.15) is 30.2 Å². The highest BCUT2D eigenvalue weighted by atomic mass is 32.1. The van der Waals surface area contributed by atoms with Crippen LogP contribution in [0.25, 0.3) is 0 Å². The molecule has 0 unspecified atom stereocenters. The SMILES string of the molecule is CC(C)c1cnc(NC(=O)Cc2ccc(NCC(=O)N(C)C)cc2)s1. The summed E-state index contributed by atoms with van der Waals surface area (Å²) < 4.78 is 0. The van der Waals surface area contributed by atoms with Crippen molar-refractivity contribution in [3.63, 3.8) is 0 Å². The van der Waals surface area contributed by atoms with Crippen LogP contribution >= 0.6 is 11.3 Å². The second kappa shape index (κ2) is 8.62. The summed E-state index contributed by atoms with van der Waals surface area (Å²) in [5.74, 6) is 0.323. The molecule has 0 fully saturated rings. The number of thiazole rings is 1. The summed E-state index contributed by atoms with van der Waals surface area (Å²) in [6, 6.07) is 7.49. The van der Waals surface area contributed by atoms with Crippen molar-refractivity contribution in [2.45, 2.75) is 26.2 Å². The third-order valence-corrected chi connectivity index (χ3v) is 4.81. The molecule has 7 heteroatoms. The Balaban J connectivity index is 1.85. The number of carbonyl (C=O) groups is 2. The van der Waals surface area contributed by atoms with Crippen molar-refractivity contribution in [3.8, 4) is 0 Å². The Labute approximate surface area is 152 Å². The quantitative estimate of drug-likeness (QED) is 0.796. The second-order valence-corrected chi connectivity index (χ2v) is 7.35. The molecular formula is C18H24N4O2S. The van der Waals surface area contributed by atoms with Crippen LogP contribution in [0, 0.1) is 0 Å². The van der Waals surface area contributed by atoms with Crippen molar-refractivity contribution >= 4 is 34.0 Å². The van der Waals surface area contributed by atoms with E-state index in [-0.39, 0.29) is 24.8 Å². The second-order valence-electron chi connectivity index (χ2n) is 6.29. The molecule has 2 rings (SSSR count). The van der Waals surface area contributed by atoms with Crippen LogP contribution in [0.15, 0.2) is 30.5 Å². The molecule has 1 aromatic heterocycles. The molecule has 0 aliphatic heterocycles. The van der Waals surface area contributed by atoms with E-state index in [1.165, 1.54) is 16.2 Å². The van der Waals surface area contributed by atoms with Crippen LogP contribution in [-0.2, 0) is 16.0 Å². The summed E-state index contributed by atoms with van der Waals surface area (Å²) in [6.07, 6.45) is 2.09. The van der Waals surface area contributed by atoms with Gasteiger partial charge in [0.15, 0.2) is 5.13 Å². The number of amides is 2. The van der Waals surface area contributed by atoms with E-state index >= 15 is 0 Å². The van der Waals surface area contributed by atoms with E-state index < -0.39 is 0 Å². The van der Waals surface area contributed by atoms with Gasteiger partial charge in [0.05, 0.1) is 13.0 Å². The predicted molar refractivity (Wildman–Crippen MR) is 102 cm³/mol. The molecule has 0 spiro atoms. The van der Waals surface area contributed by atoms with E-state index in [1.807, 2.05) is 24.3 Å². The first-order valence-corrected chi connectivity index (χ1v) is 8.95. The van der Waals surface area contributed by atoms with Crippen molar-refractivity contribution in [2.75, 3.05) is 31.3 Å². The van der Waals surface area contributed by atoms with Crippen LogP contribution in [-0.4, -0.2) is 42.3 Å². The van der Waals surface area contributed by atoms with E-state index in [1.54, 1.807) is 20.3 Å². The number of rotatable bonds is 7. The topological polar surface area (TPSA) is 74.3 Å². The summed E-state index contributed by atoms with van der Waals surface area (Å²) in [7, 11) is 3.44. The lowest BCUT2D eigenvalue weighted by atomic mass is 10.1. The predicted octanol–water partition coefficient (Wildman–Crippen LogP) is 2.95. The lowest BCUT2D eigenvalue weighted by Gasteiger charge is -2.12. The van der Waals surface area contributed by atoms with Crippen molar-refractivity contribution in [1.29, 1.82) is 0 Å². The molecule has 25 heavy (non-hydrogen) atoms. The minimum atomic E-state index is -0.0897. The summed E-state index contributed by atoms with van der Waals surface area (Å²) in [5, 5.41) is 6.53. The van der Waals surface area contributed by atoms with Crippen LogP contribution < -0.4 is 10.6 Å². The van der Waals surface area contributed by atoms with Gasteiger partial charge in [0.25, 0.3) is 0 Å². The molecule has 2 amide bonds. The Morgan fingerprint density at radius 1 is 1.20 bits per heavy atom. The number of anilines is 2. The molecule has 0 radical (unpaired) electrons. The largest absolute Gasteiger partial charge is 0.376 e. The fourth-order valence-corrected chi connectivity index (χ4v) is 2.87. The highest BCUT2D eigenvalue weighted by molar-refractivity contribution is 7.15. The number of hydrogen-bond donors (Lipinski definition) is 2. The molecule has 0 aliphatic rings. The zero-order chi connectivity index (χ0) is 18.4. The number of benzene rings is 1. The van der Waals surface area contributed by atoms with Gasteiger partial charge >= 0.3 is 0 Å². The zero-order valence-electron chi connectivity index (χ0n) is 15.0. The molecule has 6 nitrogen and oxygen atoms in total. The lowest BCUT2D eigenvalue weighted by molar-refractivity contribution is -0.126. The smallest absolute Gasteiger partial charge is 0.241 e. The van der Waals surface area contributed by atoms with Crippen LogP contribution in [0.3, 0.4) is 0 Å². The molecule has 0 saturated heterocycles. The molecule has 134 valence electrons. The monoisotopic (exact) mass is 360 g/mol. The molecule has 0 atom stereocenters. The van der Waals surface area contributed by atoms with E-state index in [4.69, 9.17) is 0 Å². The van der Waals surface area contributed by atoms with E-state index in [2.05, 4.69) is 29.5 Å². The van der Waals surface area contributed by atoms with Gasteiger partial charge in [0.2, 0.25) is 11.8 Å². The lowest BCUT2D eigenvalue weighted by Crippen LogP contribution is -2.28. The number of hydrogen-bond acceptors (Lipinski definition) is 5. The summed E-state index contributed by atoms with van der Waals surface area (Å²) >= 11 is 1.50. The molecule has 2 aromatic rings. The van der Waals surface area contributed by atoms with Gasteiger partial charge < -0.3 is 15.5 Å². The van der Waals surface area contributed by atoms with Crippen LogP contribution in [0.4, 0.5) is 10.8 Å². The van der Waals surface area contributed by atoms with E-state index in [0.29, 0.717) is 11.0 Å². The average molecular weight is 360 g/mol. The average Bonchev–Trinajstić information content (AvgIpc) is 3.02. The third kappa shape index (κ3) is 5.86. The molecule has 1 heterocycles. The van der Waals surface area contributed by atoms with Gasteiger partial charge in [-0.25, -0.2) is 4.98 Å². The zero-order valence-corrected chi connectivity index (χ0v) is 15.8. The van der Waals surface area contributed by atoms with Gasteiger partial charge in [0.1, 0.15) is 0 Å². The highest BCUT2D eigenvalue weighted by Crippen LogP contribution is 2.25. The summed E-state index contributed by atoms with van der Waals surface area (Å²) in [4.78, 5) is 30.6. The third-order valence-electron chi connectivity index (χ3n) is 3.60. The maximum absolute atomic E-state index is 12.1. The standard InChI is InChI=1S/C18H24N4O2S/c1-12(2)15-10-20-18(25-15)21-16(23)9-13-5-7-14(8-6-13)19-11-17(24)22(3)4/h5-8,10,12,19H,9,11H2,1-4H3,(H,20,21,23). The molecular weight excluding hydrogens is 336 g/mol. The molecule has 0 aliphatic carbocycles. The minimum absolute atomic E-state index is 0.00710. The van der Waals surface area contributed by atoms with Gasteiger partial charge in [-0.15, -0.1) is 11.3 Å². The van der Waals surface area contributed by atoms with Crippen molar-refractivity contribution < 1.29 is 9.59 Å². The molecule has 2 N–H and O–H groups in total. The van der Waals surface area contributed by atoms with Gasteiger partial charge in [-0.05, 0) is 23.6 Å². The van der Waals surface area contributed by atoms with E-state index in [9.17, 15) is 9.59 Å². The Bertz CT molecular complexity index is 723. The van der Waals surface area contributed by atoms with E-state index in [0.717, 1.165) is 16.1 Å². The van der Waals surface area contributed by atoms with Gasteiger partial charge in [0, 0.05) is 30.9 Å². The molecule has 0 bridgehead atoms. The highest BCUT2D eigenvalue weighted by Gasteiger charge is 2.10. The van der Waals surface area contributed by atoms with Gasteiger partial charge in [-0.3, -0.25) is 9.59 Å². The maximum Gasteiger partial charge on any atom is 0.241 e. The van der Waals surface area contributed by atoms with Crippen LogP contribution in [0.5, 0.6) is 0 Å². The number of nitrogens with zero attached hydrogens (tertiary/aromatic N) is 2. The number of nitrogens with one attached hydrogen (secondary N) is 2.